The molecule has 106 valence electrons. The Balaban J connectivity index is 3.65. The minimum Gasteiger partial charge on any atom is -0.465 e. The van der Waals surface area contributed by atoms with Gasteiger partial charge in [0.2, 0.25) is 0 Å². The molecule has 0 bridgehead atoms. The molecule has 0 spiro atoms. The zero-order valence-corrected chi connectivity index (χ0v) is 11.9. The molecule has 0 aromatic heterocycles. The van der Waals surface area contributed by atoms with Gasteiger partial charge in [0, 0.05) is 0 Å². The van der Waals surface area contributed by atoms with Gasteiger partial charge >= 0.3 is 11.9 Å². The van der Waals surface area contributed by atoms with Gasteiger partial charge < -0.3 is 9.47 Å². The predicted octanol–water partition coefficient (Wildman–Crippen LogP) is 3.23. The van der Waals surface area contributed by atoms with E-state index in [1.165, 1.54) is 0 Å². The molecule has 0 rings (SSSR count). The number of carbonyl (C=O) groups is 2. The van der Waals surface area contributed by atoms with Gasteiger partial charge in [-0.3, -0.25) is 9.59 Å². The highest BCUT2D eigenvalue weighted by atomic mass is 16.6. The fourth-order valence-corrected chi connectivity index (χ4v) is 1.51. The topological polar surface area (TPSA) is 52.6 Å². The second kappa shape index (κ2) is 11.1. The van der Waals surface area contributed by atoms with Gasteiger partial charge in [0.1, 0.15) is 6.42 Å². The Labute approximate surface area is 110 Å². The first-order valence-corrected chi connectivity index (χ1v) is 6.95. The summed E-state index contributed by atoms with van der Waals surface area (Å²) >= 11 is 0. The van der Waals surface area contributed by atoms with Crippen molar-refractivity contribution in [3.8, 4) is 0 Å². The summed E-state index contributed by atoms with van der Waals surface area (Å²) in [5, 5.41) is 0. The first-order chi connectivity index (χ1) is 8.60. The number of esters is 2. The van der Waals surface area contributed by atoms with Gasteiger partial charge in [0.25, 0.3) is 0 Å². The Bertz CT molecular complexity index is 238. The Kier molecular flexibility index (Phi) is 10.4. The SMILES string of the molecule is CCCCCC(C)OC(=O)CC(=O)OCCCC. The number of carbonyl (C=O) groups excluding carboxylic acids is 2. The summed E-state index contributed by atoms with van der Waals surface area (Å²) in [7, 11) is 0. The van der Waals surface area contributed by atoms with Crippen molar-refractivity contribution in [2.45, 2.75) is 71.8 Å². The normalized spacial score (nSPS) is 11.9. The lowest BCUT2D eigenvalue weighted by atomic mass is 10.1. The van der Waals surface area contributed by atoms with Crippen LogP contribution < -0.4 is 0 Å². The monoisotopic (exact) mass is 258 g/mol. The van der Waals surface area contributed by atoms with Crippen LogP contribution in [0.3, 0.4) is 0 Å². The van der Waals surface area contributed by atoms with E-state index in [0.717, 1.165) is 38.5 Å². The van der Waals surface area contributed by atoms with Crippen LogP contribution in [0.1, 0.15) is 65.7 Å². The molecule has 1 unspecified atom stereocenters. The Morgan fingerprint density at radius 3 is 2.28 bits per heavy atom. The van der Waals surface area contributed by atoms with Crippen LogP contribution in [0.5, 0.6) is 0 Å². The van der Waals surface area contributed by atoms with Gasteiger partial charge in [0.15, 0.2) is 0 Å². The largest absolute Gasteiger partial charge is 0.465 e. The van der Waals surface area contributed by atoms with E-state index in [4.69, 9.17) is 9.47 Å². The van der Waals surface area contributed by atoms with Crippen molar-refractivity contribution in [3.05, 3.63) is 0 Å². The summed E-state index contributed by atoms with van der Waals surface area (Å²) in [6.07, 6.45) is 5.58. The molecule has 0 aromatic rings. The lowest BCUT2D eigenvalue weighted by Crippen LogP contribution is -2.19. The molecule has 4 heteroatoms. The fourth-order valence-electron chi connectivity index (χ4n) is 1.51. The van der Waals surface area contributed by atoms with Crippen molar-refractivity contribution < 1.29 is 19.1 Å². The first-order valence-electron chi connectivity index (χ1n) is 6.95. The third-order valence-electron chi connectivity index (χ3n) is 2.60. The number of unbranched alkanes of at least 4 members (excludes halogenated alkanes) is 3. The van der Waals surface area contributed by atoms with E-state index in [9.17, 15) is 9.59 Å². The van der Waals surface area contributed by atoms with E-state index < -0.39 is 11.9 Å². The first kappa shape index (κ1) is 16.9. The number of ether oxygens (including phenoxy) is 2. The summed E-state index contributed by atoms with van der Waals surface area (Å²) in [5.41, 5.74) is 0. The van der Waals surface area contributed by atoms with Crippen LogP contribution in [-0.4, -0.2) is 24.6 Å². The van der Waals surface area contributed by atoms with Crippen LogP contribution in [0.15, 0.2) is 0 Å². The second-order valence-corrected chi connectivity index (χ2v) is 4.55. The average molecular weight is 258 g/mol. The van der Waals surface area contributed by atoms with E-state index in [1.54, 1.807) is 0 Å². The van der Waals surface area contributed by atoms with Crippen molar-refractivity contribution in [2.75, 3.05) is 6.61 Å². The molecule has 0 amide bonds. The summed E-state index contributed by atoms with van der Waals surface area (Å²) in [6, 6.07) is 0. The molecule has 0 aliphatic heterocycles. The van der Waals surface area contributed by atoms with Crippen molar-refractivity contribution in [3.63, 3.8) is 0 Å². The molecule has 0 radical (unpaired) electrons. The molecule has 0 aliphatic carbocycles. The minimum absolute atomic E-state index is 0.118. The highest BCUT2D eigenvalue weighted by Gasteiger charge is 2.14. The van der Waals surface area contributed by atoms with Crippen molar-refractivity contribution in [1.29, 1.82) is 0 Å². The molecule has 4 nitrogen and oxygen atoms in total. The average Bonchev–Trinajstić information content (AvgIpc) is 2.29. The fraction of sp³-hybridized carbons (Fsp3) is 0.857. The maximum atomic E-state index is 11.4. The third kappa shape index (κ3) is 10.1. The van der Waals surface area contributed by atoms with Crippen molar-refractivity contribution in [2.24, 2.45) is 0 Å². The van der Waals surface area contributed by atoms with E-state index in [-0.39, 0.29) is 12.5 Å². The molecule has 1 atom stereocenters. The van der Waals surface area contributed by atoms with Crippen LogP contribution in [0.2, 0.25) is 0 Å². The molecular weight excluding hydrogens is 232 g/mol. The van der Waals surface area contributed by atoms with Gasteiger partial charge in [-0.2, -0.15) is 0 Å². The minimum atomic E-state index is -0.491. The lowest BCUT2D eigenvalue weighted by molar-refractivity contribution is -0.157. The maximum Gasteiger partial charge on any atom is 0.317 e. The summed E-state index contributed by atoms with van der Waals surface area (Å²) in [6.45, 7) is 6.38. The Morgan fingerprint density at radius 1 is 1.00 bits per heavy atom. The van der Waals surface area contributed by atoms with E-state index in [1.807, 2.05) is 13.8 Å². The number of hydrogen-bond acceptors (Lipinski definition) is 4. The van der Waals surface area contributed by atoms with E-state index >= 15 is 0 Å². The van der Waals surface area contributed by atoms with Gasteiger partial charge in [0.05, 0.1) is 12.7 Å². The quantitative estimate of drug-likeness (QED) is 0.343. The summed E-state index contributed by atoms with van der Waals surface area (Å²) in [4.78, 5) is 22.7. The van der Waals surface area contributed by atoms with Gasteiger partial charge in [-0.1, -0.05) is 33.1 Å². The molecule has 0 heterocycles. The van der Waals surface area contributed by atoms with E-state index in [0.29, 0.717) is 6.61 Å². The van der Waals surface area contributed by atoms with Crippen LogP contribution in [-0.2, 0) is 19.1 Å². The molecule has 0 saturated carbocycles. The smallest absolute Gasteiger partial charge is 0.317 e. The van der Waals surface area contributed by atoms with Gasteiger partial charge in [-0.25, -0.2) is 0 Å². The van der Waals surface area contributed by atoms with Crippen molar-refractivity contribution in [1.82, 2.24) is 0 Å². The molecule has 0 aromatic carbocycles. The lowest BCUT2D eigenvalue weighted by Gasteiger charge is -2.12. The van der Waals surface area contributed by atoms with Crippen molar-refractivity contribution >= 4 is 11.9 Å². The van der Waals surface area contributed by atoms with Crippen LogP contribution >= 0.6 is 0 Å². The Morgan fingerprint density at radius 2 is 1.67 bits per heavy atom. The zero-order valence-electron chi connectivity index (χ0n) is 11.9. The second-order valence-electron chi connectivity index (χ2n) is 4.55. The zero-order chi connectivity index (χ0) is 13.8. The van der Waals surface area contributed by atoms with Crippen LogP contribution in [0.4, 0.5) is 0 Å². The van der Waals surface area contributed by atoms with Crippen LogP contribution in [0, 0.1) is 0 Å². The van der Waals surface area contributed by atoms with Gasteiger partial charge in [-0.05, 0) is 26.2 Å². The third-order valence-corrected chi connectivity index (χ3v) is 2.60. The molecule has 18 heavy (non-hydrogen) atoms. The van der Waals surface area contributed by atoms with E-state index in [2.05, 4.69) is 6.92 Å². The molecule has 0 N–H and O–H groups in total. The standard InChI is InChI=1S/C14H26O4/c1-4-6-8-9-12(3)18-14(16)11-13(15)17-10-7-5-2/h12H,4-11H2,1-3H3. The molecular formula is C14H26O4. The maximum absolute atomic E-state index is 11.4. The molecule has 0 saturated heterocycles. The molecule has 0 fully saturated rings. The molecule has 0 aliphatic rings. The number of hydrogen-bond donors (Lipinski definition) is 0. The van der Waals surface area contributed by atoms with Crippen LogP contribution in [0.25, 0.3) is 0 Å². The Hall–Kier alpha value is -1.06. The summed E-state index contributed by atoms with van der Waals surface area (Å²) < 4.78 is 10.0. The summed E-state index contributed by atoms with van der Waals surface area (Å²) in [5.74, 6) is -0.977. The number of rotatable bonds is 10. The van der Waals surface area contributed by atoms with Gasteiger partial charge in [-0.15, -0.1) is 0 Å². The highest BCUT2D eigenvalue weighted by Crippen LogP contribution is 2.07. The highest BCUT2D eigenvalue weighted by molar-refractivity contribution is 5.91. The predicted molar refractivity (Wildman–Crippen MR) is 70.2 cm³/mol.